The van der Waals surface area contributed by atoms with E-state index in [2.05, 4.69) is 20.3 Å². The Kier molecular flexibility index (Phi) is 5.17. The highest BCUT2D eigenvalue weighted by Crippen LogP contribution is 2.28. The maximum Gasteiger partial charge on any atom is 0.393 e. The van der Waals surface area contributed by atoms with Crippen molar-refractivity contribution in [3.8, 4) is 11.5 Å². The molecule has 0 aliphatic rings. The lowest BCUT2D eigenvalue weighted by molar-refractivity contribution is -0.127. The molecule has 0 radical (unpaired) electrons. The molecule has 0 spiro atoms. The largest absolute Gasteiger partial charge is 0.393 e. The van der Waals surface area contributed by atoms with Crippen LogP contribution in [0.25, 0.3) is 22.6 Å². The first-order chi connectivity index (χ1) is 14.3. The molecule has 0 aliphatic carbocycles. The van der Waals surface area contributed by atoms with Gasteiger partial charge in [0.15, 0.2) is 5.82 Å². The van der Waals surface area contributed by atoms with E-state index < -0.39 is 18.6 Å². The molecule has 2 heterocycles. The summed E-state index contributed by atoms with van der Waals surface area (Å²) in [6, 6.07) is 10.5. The summed E-state index contributed by atoms with van der Waals surface area (Å²) < 4.78 is 38.6. The molecule has 0 fully saturated rings. The van der Waals surface area contributed by atoms with Gasteiger partial charge < -0.3 is 10.3 Å². The number of rotatable bonds is 4. The number of para-hydroxylation sites is 1. The number of aromatic nitrogens is 3. The molecule has 2 amide bonds. The highest BCUT2D eigenvalue weighted by Gasteiger charge is 2.30. The van der Waals surface area contributed by atoms with Crippen molar-refractivity contribution >= 4 is 39.8 Å². The highest BCUT2D eigenvalue weighted by molar-refractivity contribution is 7.07. The molecule has 10 heteroatoms. The van der Waals surface area contributed by atoms with Crippen molar-refractivity contribution in [2.75, 3.05) is 17.3 Å². The fourth-order valence-corrected chi connectivity index (χ4v) is 3.60. The molecule has 6 nitrogen and oxygen atoms in total. The van der Waals surface area contributed by atoms with Gasteiger partial charge in [-0.2, -0.15) is 13.2 Å². The van der Waals surface area contributed by atoms with E-state index in [1.54, 1.807) is 29.8 Å². The van der Waals surface area contributed by atoms with E-state index >= 15 is 0 Å². The van der Waals surface area contributed by atoms with Gasteiger partial charge in [0, 0.05) is 23.8 Å². The van der Waals surface area contributed by atoms with Gasteiger partial charge in [-0.3, -0.25) is 4.90 Å². The van der Waals surface area contributed by atoms with Gasteiger partial charge in [-0.1, -0.05) is 18.2 Å². The Bertz CT molecular complexity index is 1190. The number of carbonyl (C=O) groups is 1. The number of aromatic amines is 1. The number of thiazole rings is 1. The number of benzene rings is 2. The van der Waals surface area contributed by atoms with Crippen molar-refractivity contribution in [2.24, 2.45) is 0 Å². The molecule has 2 aromatic carbocycles. The number of alkyl halides is 3. The van der Waals surface area contributed by atoms with Gasteiger partial charge in [-0.25, -0.2) is 14.8 Å². The van der Waals surface area contributed by atoms with Gasteiger partial charge in [0.25, 0.3) is 0 Å². The van der Waals surface area contributed by atoms with Gasteiger partial charge in [-0.05, 0) is 29.8 Å². The van der Waals surface area contributed by atoms with Crippen LogP contribution in [0.5, 0.6) is 0 Å². The normalized spacial score (nSPS) is 11.6. The Morgan fingerprint density at radius 1 is 1.23 bits per heavy atom. The molecule has 0 saturated carbocycles. The van der Waals surface area contributed by atoms with E-state index in [4.69, 9.17) is 0 Å². The minimum absolute atomic E-state index is 0.0274. The van der Waals surface area contributed by atoms with Gasteiger partial charge >= 0.3 is 12.2 Å². The van der Waals surface area contributed by atoms with Crippen molar-refractivity contribution in [3.63, 3.8) is 0 Å². The molecule has 154 valence electrons. The summed E-state index contributed by atoms with van der Waals surface area (Å²) in [7, 11) is 1.43. The first kappa shape index (κ1) is 19.9. The third-order valence-corrected chi connectivity index (χ3v) is 5.04. The second-order valence-electron chi connectivity index (χ2n) is 6.60. The van der Waals surface area contributed by atoms with Gasteiger partial charge in [0.1, 0.15) is 5.69 Å². The summed E-state index contributed by atoms with van der Waals surface area (Å²) in [6.45, 7) is 0. The quantitative estimate of drug-likeness (QED) is 0.451. The molecular weight excluding hydrogens is 415 g/mol. The summed E-state index contributed by atoms with van der Waals surface area (Å²) in [4.78, 5) is 25.6. The maximum atomic E-state index is 12.9. The van der Waals surface area contributed by atoms with Crippen molar-refractivity contribution in [1.29, 1.82) is 0 Å². The lowest BCUT2D eigenvalue weighted by Gasteiger charge is -2.22. The average molecular weight is 431 g/mol. The number of amides is 2. The molecule has 0 bridgehead atoms. The number of nitrogens with one attached hydrogen (secondary N) is 2. The molecular formula is C20H16F3N5OS. The van der Waals surface area contributed by atoms with E-state index in [-0.39, 0.29) is 11.3 Å². The number of fused-ring (bicyclic) bond motifs is 1. The number of nitrogens with zero attached hydrogens (tertiary/aromatic N) is 3. The zero-order valence-electron chi connectivity index (χ0n) is 15.7. The fraction of sp³-hybridized carbons (Fsp3) is 0.150. The number of H-pyrrole nitrogens is 1. The van der Waals surface area contributed by atoms with Gasteiger partial charge in [0.2, 0.25) is 0 Å². The third-order valence-electron chi connectivity index (χ3n) is 4.46. The smallest absolute Gasteiger partial charge is 0.337 e. The van der Waals surface area contributed by atoms with Crippen LogP contribution in [-0.4, -0.2) is 34.2 Å². The molecule has 30 heavy (non-hydrogen) atoms. The fourth-order valence-electron chi connectivity index (χ4n) is 3.06. The SMILES string of the molecule is CN(C(=O)Nc1ccc2nc(-c3cscn3)[nH]c2c1)c1ccccc1CC(F)(F)F. The lowest BCUT2D eigenvalue weighted by Crippen LogP contribution is -2.32. The Morgan fingerprint density at radius 3 is 2.77 bits per heavy atom. The van der Waals surface area contributed by atoms with Crippen LogP contribution >= 0.6 is 11.3 Å². The summed E-state index contributed by atoms with van der Waals surface area (Å²) in [5.74, 6) is 0.618. The second kappa shape index (κ2) is 7.79. The molecule has 0 saturated heterocycles. The predicted octanol–water partition coefficient (Wildman–Crippen LogP) is 5.46. The standard InChI is InChI=1S/C20H16F3N5OS/c1-28(17-5-3-2-4-12(17)9-20(21,22)23)19(29)25-13-6-7-14-15(8-13)27-18(26-14)16-10-30-11-24-16/h2-8,10-11H,9H2,1H3,(H,25,29)(H,26,27). The number of anilines is 2. The van der Waals surface area contributed by atoms with Crippen molar-refractivity contribution < 1.29 is 18.0 Å². The highest BCUT2D eigenvalue weighted by atomic mass is 32.1. The van der Waals surface area contributed by atoms with Crippen molar-refractivity contribution in [3.05, 3.63) is 58.9 Å². The van der Waals surface area contributed by atoms with Crippen molar-refractivity contribution in [2.45, 2.75) is 12.6 Å². The monoisotopic (exact) mass is 431 g/mol. The minimum atomic E-state index is -4.37. The van der Waals surface area contributed by atoms with Crippen LogP contribution in [-0.2, 0) is 6.42 Å². The average Bonchev–Trinajstić information content (AvgIpc) is 3.35. The summed E-state index contributed by atoms with van der Waals surface area (Å²) in [6.07, 6.45) is -5.48. The number of carbonyl (C=O) groups excluding carboxylic acids is 1. The molecule has 2 aromatic heterocycles. The van der Waals surface area contributed by atoms with E-state index in [9.17, 15) is 18.0 Å². The van der Waals surface area contributed by atoms with Crippen LogP contribution in [0.15, 0.2) is 53.4 Å². The number of hydrogen-bond acceptors (Lipinski definition) is 4. The lowest BCUT2D eigenvalue weighted by atomic mass is 10.1. The number of hydrogen-bond donors (Lipinski definition) is 2. The van der Waals surface area contributed by atoms with Crippen LogP contribution < -0.4 is 10.2 Å². The first-order valence-electron chi connectivity index (χ1n) is 8.88. The van der Waals surface area contributed by atoms with E-state index in [0.29, 0.717) is 22.5 Å². The van der Waals surface area contributed by atoms with Gasteiger partial charge in [-0.15, -0.1) is 11.3 Å². The van der Waals surface area contributed by atoms with Crippen molar-refractivity contribution in [1.82, 2.24) is 15.0 Å². The molecule has 0 atom stereocenters. The Balaban J connectivity index is 1.54. The summed E-state index contributed by atoms with van der Waals surface area (Å²) in [5.41, 5.74) is 4.56. The van der Waals surface area contributed by atoms with Crippen LogP contribution in [0.4, 0.5) is 29.3 Å². The topological polar surface area (TPSA) is 73.9 Å². The van der Waals surface area contributed by atoms with Crippen LogP contribution in [0.2, 0.25) is 0 Å². The molecule has 4 aromatic rings. The molecule has 2 N–H and O–H groups in total. The van der Waals surface area contributed by atoms with E-state index in [1.807, 2.05) is 5.38 Å². The third kappa shape index (κ3) is 4.28. The number of halogens is 3. The molecule has 4 rings (SSSR count). The summed E-state index contributed by atoms with van der Waals surface area (Å²) >= 11 is 1.46. The Labute approximate surface area is 173 Å². The maximum absolute atomic E-state index is 12.9. The Morgan fingerprint density at radius 2 is 2.03 bits per heavy atom. The predicted molar refractivity (Wildman–Crippen MR) is 111 cm³/mol. The number of urea groups is 1. The van der Waals surface area contributed by atoms with Crippen LogP contribution in [0.1, 0.15) is 5.56 Å². The van der Waals surface area contributed by atoms with E-state index in [0.717, 1.165) is 5.69 Å². The zero-order chi connectivity index (χ0) is 21.3. The van der Waals surface area contributed by atoms with E-state index in [1.165, 1.54) is 41.5 Å². The molecule has 0 unspecified atom stereocenters. The van der Waals surface area contributed by atoms with Crippen LogP contribution in [0.3, 0.4) is 0 Å². The van der Waals surface area contributed by atoms with Crippen LogP contribution in [0, 0.1) is 0 Å². The molecule has 0 aliphatic heterocycles. The van der Waals surface area contributed by atoms with Gasteiger partial charge in [0.05, 0.1) is 23.0 Å². The summed E-state index contributed by atoms with van der Waals surface area (Å²) in [5, 5.41) is 4.58. The number of imidazole rings is 1. The Hall–Kier alpha value is -3.40. The first-order valence-corrected chi connectivity index (χ1v) is 9.82. The second-order valence-corrected chi connectivity index (χ2v) is 7.32. The minimum Gasteiger partial charge on any atom is -0.337 e. The zero-order valence-corrected chi connectivity index (χ0v) is 16.5.